The van der Waals surface area contributed by atoms with Crippen molar-refractivity contribution in [1.82, 2.24) is 9.80 Å². The molecule has 38 heavy (non-hydrogen) atoms. The Labute approximate surface area is 229 Å². The summed E-state index contributed by atoms with van der Waals surface area (Å²) in [6.45, 7) is 5.93. The lowest BCUT2D eigenvalue weighted by Gasteiger charge is -2.29. The van der Waals surface area contributed by atoms with E-state index in [1.165, 1.54) is 11.0 Å². The van der Waals surface area contributed by atoms with E-state index in [9.17, 15) is 23.2 Å². The molecule has 0 bridgehead atoms. The van der Waals surface area contributed by atoms with Gasteiger partial charge in [-0.05, 0) is 79.1 Å². The zero-order valence-corrected chi connectivity index (χ0v) is 23.2. The maximum absolute atomic E-state index is 15.0. The molecule has 204 valence electrons. The molecule has 3 amide bonds. The smallest absolute Gasteiger partial charge is 0.416 e. The van der Waals surface area contributed by atoms with Gasteiger partial charge < -0.3 is 14.4 Å². The monoisotopic (exact) mass is 592 g/mol. The third-order valence-corrected chi connectivity index (χ3v) is 7.56. The summed E-state index contributed by atoms with van der Waals surface area (Å²) < 4.78 is 39.3. The third kappa shape index (κ3) is 6.34. The topological polar surface area (TPSA) is 76.2 Å². The largest absolute Gasteiger partial charge is 0.447 e. The SMILES string of the molecule is CC(C)(C)OC(=O)N1CC[C@H]([C@H](Cc2ccc(F)c(Br)c2F)C(=O)N2C(=O)OC[C@@H]2Cc2ccccc2)C1. The average molecular weight is 593 g/mol. The Morgan fingerprint density at radius 1 is 1.16 bits per heavy atom. The molecule has 0 spiro atoms. The average Bonchev–Trinajstić information content (AvgIpc) is 3.49. The Kier molecular flexibility index (Phi) is 8.40. The first-order valence-electron chi connectivity index (χ1n) is 12.6. The number of hydrogen-bond donors (Lipinski definition) is 0. The van der Waals surface area contributed by atoms with Crippen molar-refractivity contribution in [3.8, 4) is 0 Å². The molecule has 0 saturated carbocycles. The van der Waals surface area contributed by atoms with Gasteiger partial charge in [0.05, 0.1) is 10.5 Å². The lowest BCUT2D eigenvalue weighted by atomic mass is 9.84. The van der Waals surface area contributed by atoms with Crippen LogP contribution in [0.5, 0.6) is 0 Å². The molecule has 2 aromatic carbocycles. The van der Waals surface area contributed by atoms with Gasteiger partial charge in [-0.2, -0.15) is 0 Å². The normalized spacial score (nSPS) is 20.4. The minimum Gasteiger partial charge on any atom is -0.447 e. The van der Waals surface area contributed by atoms with Crippen LogP contribution >= 0.6 is 15.9 Å². The van der Waals surface area contributed by atoms with Crippen molar-refractivity contribution >= 4 is 34.0 Å². The first-order valence-corrected chi connectivity index (χ1v) is 13.4. The van der Waals surface area contributed by atoms with E-state index in [-0.39, 0.29) is 35.5 Å². The molecule has 2 saturated heterocycles. The molecule has 0 unspecified atom stereocenters. The number of hydrogen-bond acceptors (Lipinski definition) is 5. The molecule has 4 rings (SSSR count). The van der Waals surface area contributed by atoms with Crippen LogP contribution in [0.3, 0.4) is 0 Å². The maximum atomic E-state index is 15.0. The summed E-state index contributed by atoms with van der Waals surface area (Å²) in [5.74, 6) is -3.27. The van der Waals surface area contributed by atoms with Crippen LogP contribution < -0.4 is 0 Å². The van der Waals surface area contributed by atoms with Crippen LogP contribution in [0.25, 0.3) is 0 Å². The Hall–Kier alpha value is -3.01. The number of imide groups is 1. The molecule has 10 heteroatoms. The van der Waals surface area contributed by atoms with Crippen LogP contribution in [0.2, 0.25) is 0 Å². The number of rotatable bonds is 6. The van der Waals surface area contributed by atoms with Crippen molar-refractivity contribution in [1.29, 1.82) is 0 Å². The number of carbonyl (C=O) groups excluding carboxylic acids is 3. The van der Waals surface area contributed by atoms with Gasteiger partial charge in [-0.25, -0.2) is 23.3 Å². The highest BCUT2D eigenvalue weighted by Crippen LogP contribution is 2.34. The summed E-state index contributed by atoms with van der Waals surface area (Å²) in [7, 11) is 0. The zero-order chi connectivity index (χ0) is 27.6. The van der Waals surface area contributed by atoms with E-state index in [4.69, 9.17) is 9.47 Å². The fourth-order valence-electron chi connectivity index (χ4n) is 4.97. The van der Waals surface area contributed by atoms with Gasteiger partial charge in [-0.1, -0.05) is 36.4 Å². The highest BCUT2D eigenvalue weighted by molar-refractivity contribution is 9.10. The van der Waals surface area contributed by atoms with E-state index in [1.807, 2.05) is 30.3 Å². The van der Waals surface area contributed by atoms with Crippen molar-refractivity contribution in [2.24, 2.45) is 11.8 Å². The predicted molar refractivity (Wildman–Crippen MR) is 139 cm³/mol. The highest BCUT2D eigenvalue weighted by Gasteiger charge is 2.45. The first kappa shape index (κ1) is 28.0. The Bertz CT molecular complexity index is 1200. The summed E-state index contributed by atoms with van der Waals surface area (Å²) >= 11 is 2.93. The fraction of sp³-hybridized carbons (Fsp3) is 0.464. The molecule has 0 aliphatic carbocycles. The lowest BCUT2D eigenvalue weighted by molar-refractivity contribution is -0.135. The second kappa shape index (κ2) is 11.4. The van der Waals surface area contributed by atoms with Gasteiger partial charge in [0.2, 0.25) is 5.91 Å². The van der Waals surface area contributed by atoms with Gasteiger partial charge in [0, 0.05) is 19.0 Å². The van der Waals surface area contributed by atoms with Crippen molar-refractivity contribution in [3.63, 3.8) is 0 Å². The van der Waals surface area contributed by atoms with E-state index in [0.29, 0.717) is 19.4 Å². The van der Waals surface area contributed by atoms with Gasteiger partial charge in [0.25, 0.3) is 0 Å². The van der Waals surface area contributed by atoms with Crippen LogP contribution in [0, 0.1) is 23.5 Å². The van der Waals surface area contributed by atoms with E-state index < -0.39 is 47.3 Å². The molecule has 0 aromatic heterocycles. The molecule has 0 N–H and O–H groups in total. The zero-order valence-electron chi connectivity index (χ0n) is 21.6. The molecule has 2 aliphatic rings. The van der Waals surface area contributed by atoms with E-state index >= 15 is 0 Å². The number of ether oxygens (including phenoxy) is 2. The molecular formula is C28H31BrF2N2O5. The van der Waals surface area contributed by atoms with Crippen LogP contribution in [-0.2, 0) is 27.1 Å². The summed E-state index contributed by atoms with van der Waals surface area (Å²) in [5, 5.41) is 0. The second-order valence-electron chi connectivity index (χ2n) is 10.7. The molecule has 7 nitrogen and oxygen atoms in total. The summed E-state index contributed by atoms with van der Waals surface area (Å²) in [6, 6.07) is 11.4. The minimum absolute atomic E-state index is 0.0529. The van der Waals surface area contributed by atoms with Crippen molar-refractivity contribution in [2.75, 3.05) is 19.7 Å². The number of carbonyl (C=O) groups is 3. The first-order chi connectivity index (χ1) is 17.9. The predicted octanol–water partition coefficient (Wildman–Crippen LogP) is 5.73. The quantitative estimate of drug-likeness (QED) is 0.400. The molecule has 2 aromatic rings. The minimum atomic E-state index is -0.849. The Morgan fingerprint density at radius 3 is 2.55 bits per heavy atom. The molecule has 2 aliphatic heterocycles. The second-order valence-corrected chi connectivity index (χ2v) is 11.5. The maximum Gasteiger partial charge on any atom is 0.416 e. The number of halogens is 3. The van der Waals surface area contributed by atoms with Crippen molar-refractivity contribution in [3.05, 3.63) is 69.7 Å². The summed E-state index contributed by atoms with van der Waals surface area (Å²) in [5.41, 5.74) is 0.396. The van der Waals surface area contributed by atoms with Gasteiger partial charge in [-0.3, -0.25) is 4.79 Å². The van der Waals surface area contributed by atoms with E-state index in [2.05, 4.69) is 15.9 Å². The van der Waals surface area contributed by atoms with Crippen molar-refractivity contribution < 1.29 is 32.6 Å². The third-order valence-electron chi connectivity index (χ3n) is 6.83. The van der Waals surface area contributed by atoms with E-state index in [0.717, 1.165) is 16.5 Å². The molecule has 0 radical (unpaired) electrons. The standard InChI is InChI=1S/C28H31BrF2N2O5/c1-28(2,3)38-26(35)32-12-11-19(15-32)21(14-18-9-10-22(30)23(29)24(18)31)25(34)33-20(16-37-27(33)36)13-17-7-5-4-6-8-17/h4-10,19-21H,11-16H2,1-3H3/t19-,20-,21-/m0/s1. The summed E-state index contributed by atoms with van der Waals surface area (Å²) in [6.07, 6.45) is -0.437. The van der Waals surface area contributed by atoms with Gasteiger partial charge in [0.1, 0.15) is 23.8 Å². The van der Waals surface area contributed by atoms with Gasteiger partial charge >= 0.3 is 12.2 Å². The number of likely N-dealkylation sites (tertiary alicyclic amines) is 1. The lowest BCUT2D eigenvalue weighted by Crippen LogP contribution is -2.46. The van der Waals surface area contributed by atoms with Crippen molar-refractivity contribution in [2.45, 2.75) is 51.7 Å². The molecule has 2 heterocycles. The Morgan fingerprint density at radius 2 is 1.87 bits per heavy atom. The van der Waals surface area contributed by atoms with Crippen LogP contribution in [0.15, 0.2) is 46.9 Å². The van der Waals surface area contributed by atoms with Gasteiger partial charge in [0.15, 0.2) is 0 Å². The van der Waals surface area contributed by atoms with Crippen LogP contribution in [0.1, 0.15) is 38.3 Å². The number of nitrogens with zero attached hydrogens (tertiary/aromatic N) is 2. The van der Waals surface area contributed by atoms with Crippen LogP contribution in [-0.4, -0.2) is 59.2 Å². The summed E-state index contributed by atoms with van der Waals surface area (Å²) in [4.78, 5) is 42.1. The Balaban J connectivity index is 1.61. The molecule has 3 atom stereocenters. The van der Waals surface area contributed by atoms with Crippen LogP contribution in [0.4, 0.5) is 18.4 Å². The number of amides is 3. The molecule has 2 fully saturated rings. The number of cyclic esters (lactones) is 1. The molecular weight excluding hydrogens is 562 g/mol. The highest BCUT2D eigenvalue weighted by atomic mass is 79.9. The number of benzene rings is 2. The van der Waals surface area contributed by atoms with Gasteiger partial charge in [-0.15, -0.1) is 0 Å². The van der Waals surface area contributed by atoms with E-state index in [1.54, 1.807) is 20.8 Å². The fourth-order valence-corrected chi connectivity index (χ4v) is 5.36.